The van der Waals surface area contributed by atoms with Crippen molar-refractivity contribution < 1.29 is 4.74 Å². The summed E-state index contributed by atoms with van der Waals surface area (Å²) < 4.78 is 8.39. The van der Waals surface area contributed by atoms with Crippen LogP contribution >= 0.6 is 0 Å². The van der Waals surface area contributed by atoms with E-state index in [1.54, 1.807) is 46.8 Å². The van der Waals surface area contributed by atoms with Crippen molar-refractivity contribution >= 4 is 22.7 Å². The molecule has 13 heteroatoms. The number of pyridine rings is 4. The van der Waals surface area contributed by atoms with Gasteiger partial charge in [-0.05, 0) is 42.5 Å². The molecule has 0 atom stereocenters. The van der Waals surface area contributed by atoms with Crippen LogP contribution in [0.1, 0.15) is 0 Å². The van der Waals surface area contributed by atoms with E-state index >= 15 is 0 Å². The molecule has 8 heterocycles. The van der Waals surface area contributed by atoms with E-state index < -0.39 is 0 Å². The Hall–Kier alpha value is -5.66. The molecule has 0 unspecified atom stereocenters. The Bertz CT molecular complexity index is 2160. The summed E-state index contributed by atoms with van der Waals surface area (Å²) in [6, 6.07) is 16.5. The molecule has 8 rings (SSSR count). The molecule has 2 N–H and O–H groups in total. The lowest BCUT2D eigenvalue weighted by Crippen LogP contribution is -2.43. The number of nitrogens with one attached hydrogen (secondary N) is 2. The van der Waals surface area contributed by atoms with Gasteiger partial charge >= 0.3 is 0 Å². The van der Waals surface area contributed by atoms with Crippen molar-refractivity contribution in [3.63, 3.8) is 0 Å². The van der Waals surface area contributed by atoms with Gasteiger partial charge in [0.05, 0.1) is 36.1 Å². The first-order chi connectivity index (χ1) is 23.6. The fourth-order valence-electron chi connectivity index (χ4n) is 5.88. The Balaban J connectivity index is 0.000000152. The summed E-state index contributed by atoms with van der Waals surface area (Å²) in [6.45, 7) is 7.58. The lowest BCUT2D eigenvalue weighted by molar-refractivity contribution is 0.413. The average molecular weight is 645 g/mol. The second kappa shape index (κ2) is 14.0. The van der Waals surface area contributed by atoms with Gasteiger partial charge in [0.25, 0.3) is 11.1 Å². The maximum Gasteiger partial charge on any atom is 0.258 e. The van der Waals surface area contributed by atoms with Crippen LogP contribution in [0, 0.1) is 0 Å². The average Bonchev–Trinajstić information content (AvgIpc) is 3.16. The van der Waals surface area contributed by atoms with Gasteiger partial charge in [0.2, 0.25) is 0 Å². The lowest BCUT2D eigenvalue weighted by atomic mass is 10.2. The van der Waals surface area contributed by atoms with Crippen molar-refractivity contribution in [2.75, 3.05) is 69.3 Å². The summed E-state index contributed by atoms with van der Waals surface area (Å²) in [5, 5.41) is 6.66. The van der Waals surface area contributed by atoms with Gasteiger partial charge in [0.1, 0.15) is 17.0 Å². The maximum absolute atomic E-state index is 12.6. The van der Waals surface area contributed by atoms with E-state index in [0.29, 0.717) is 28.4 Å². The third-order valence-electron chi connectivity index (χ3n) is 8.45. The third-order valence-corrected chi connectivity index (χ3v) is 8.45. The summed E-state index contributed by atoms with van der Waals surface area (Å²) in [5.41, 5.74) is 6.00. The monoisotopic (exact) mass is 644 g/mol. The van der Waals surface area contributed by atoms with Crippen LogP contribution in [0.5, 0.6) is 5.75 Å². The highest BCUT2D eigenvalue weighted by Gasteiger charge is 2.14. The van der Waals surface area contributed by atoms with Gasteiger partial charge in [-0.25, -0.2) is 9.97 Å². The summed E-state index contributed by atoms with van der Waals surface area (Å²) >= 11 is 0. The molecule has 6 aromatic rings. The van der Waals surface area contributed by atoms with E-state index in [0.717, 1.165) is 74.9 Å². The van der Waals surface area contributed by atoms with Crippen molar-refractivity contribution in [3.8, 4) is 28.3 Å². The number of piperazine rings is 2. The summed E-state index contributed by atoms with van der Waals surface area (Å²) in [4.78, 5) is 47.0. The smallest absolute Gasteiger partial charge is 0.258 e. The van der Waals surface area contributed by atoms with Crippen molar-refractivity contribution in [1.29, 1.82) is 0 Å². The Kier molecular flexibility index (Phi) is 9.03. The van der Waals surface area contributed by atoms with Gasteiger partial charge < -0.3 is 25.2 Å². The van der Waals surface area contributed by atoms with E-state index in [-0.39, 0.29) is 11.1 Å². The normalized spacial score (nSPS) is 14.9. The van der Waals surface area contributed by atoms with Crippen molar-refractivity contribution in [2.45, 2.75) is 0 Å². The van der Waals surface area contributed by atoms with Crippen LogP contribution in [0.3, 0.4) is 0 Å². The first kappa shape index (κ1) is 31.0. The molecule has 0 spiro atoms. The first-order valence-electron chi connectivity index (χ1n) is 15.9. The number of hydrogen-bond donors (Lipinski definition) is 2. The zero-order valence-electron chi connectivity index (χ0n) is 26.6. The van der Waals surface area contributed by atoms with Crippen molar-refractivity contribution in [2.24, 2.45) is 0 Å². The Morgan fingerprint density at radius 3 is 1.71 bits per heavy atom. The maximum atomic E-state index is 12.6. The number of nitrogens with zero attached hydrogens (tertiary/aromatic N) is 8. The van der Waals surface area contributed by atoms with Gasteiger partial charge in [0, 0.05) is 107 Å². The fraction of sp³-hybridized carbons (Fsp3) is 0.257. The van der Waals surface area contributed by atoms with Crippen molar-refractivity contribution in [3.05, 3.63) is 112 Å². The molecule has 2 aliphatic heterocycles. The lowest BCUT2D eigenvalue weighted by Gasteiger charge is -2.29. The largest absolute Gasteiger partial charge is 0.495 e. The predicted molar refractivity (Wildman–Crippen MR) is 186 cm³/mol. The number of rotatable bonds is 5. The highest BCUT2D eigenvalue weighted by atomic mass is 16.5. The van der Waals surface area contributed by atoms with Gasteiger partial charge in [-0.3, -0.25) is 28.4 Å². The molecule has 6 aromatic heterocycles. The second-order valence-electron chi connectivity index (χ2n) is 11.5. The molecular formula is C35H36N10O3. The van der Waals surface area contributed by atoms with Crippen LogP contribution in [-0.2, 0) is 0 Å². The Morgan fingerprint density at radius 1 is 0.646 bits per heavy atom. The molecule has 2 aliphatic rings. The van der Waals surface area contributed by atoms with E-state index in [4.69, 9.17) is 4.74 Å². The number of methoxy groups -OCH3 is 1. The Morgan fingerprint density at radius 2 is 1.19 bits per heavy atom. The van der Waals surface area contributed by atoms with Gasteiger partial charge in [-0.2, -0.15) is 0 Å². The van der Waals surface area contributed by atoms with Gasteiger partial charge in [0.15, 0.2) is 0 Å². The molecule has 0 aliphatic carbocycles. The van der Waals surface area contributed by atoms with E-state index in [1.807, 2.05) is 54.9 Å². The molecule has 0 saturated carbocycles. The van der Waals surface area contributed by atoms with Crippen LogP contribution in [-0.4, -0.2) is 88.2 Å². The number of ether oxygens (including phenoxy) is 1. The molecule has 0 aromatic carbocycles. The minimum Gasteiger partial charge on any atom is -0.495 e. The van der Waals surface area contributed by atoms with Crippen molar-refractivity contribution in [1.82, 2.24) is 39.4 Å². The van der Waals surface area contributed by atoms with E-state index in [9.17, 15) is 9.59 Å². The molecule has 2 fully saturated rings. The Labute approximate surface area is 276 Å². The molecule has 244 valence electrons. The molecular weight excluding hydrogens is 608 g/mol. The quantitative estimate of drug-likeness (QED) is 0.287. The molecule has 0 bridgehead atoms. The first-order valence-corrected chi connectivity index (χ1v) is 15.9. The summed E-state index contributed by atoms with van der Waals surface area (Å²) in [7, 11) is 1.58. The van der Waals surface area contributed by atoms with E-state index in [1.165, 1.54) is 6.07 Å². The van der Waals surface area contributed by atoms with Gasteiger partial charge in [-0.1, -0.05) is 0 Å². The van der Waals surface area contributed by atoms with Gasteiger partial charge in [-0.15, -0.1) is 0 Å². The fourth-order valence-corrected chi connectivity index (χ4v) is 5.88. The van der Waals surface area contributed by atoms with Crippen LogP contribution in [0.4, 0.5) is 11.4 Å². The number of aromatic nitrogens is 6. The van der Waals surface area contributed by atoms with E-state index in [2.05, 4.69) is 40.4 Å². The standard InChI is InChI=1S/C18H19N5O2.C17H17N5O/c1-25-15-8-13(10-20-11-15)16-9-18(24)23-12-14(2-3-17(23)21-16)22-6-4-19-5-7-22;23-17-10-15(13-2-1-5-19-11-13)20-16-4-3-14(12-22(16)17)21-8-6-18-7-9-21/h2-3,8-12,19H,4-7H2,1H3;1-5,10-12,18H,6-9H2. The summed E-state index contributed by atoms with van der Waals surface area (Å²) in [5.74, 6) is 0.633. The number of hydrogen-bond acceptors (Lipinski definition) is 11. The highest BCUT2D eigenvalue weighted by Crippen LogP contribution is 2.22. The van der Waals surface area contributed by atoms with Crippen LogP contribution in [0.2, 0.25) is 0 Å². The minimum absolute atomic E-state index is 0.0779. The zero-order chi connectivity index (χ0) is 32.9. The van der Waals surface area contributed by atoms with Crippen LogP contribution in [0.15, 0.2) is 101 Å². The SMILES string of the molecule is COc1cncc(-c2cc(=O)n3cc(N4CCNCC4)ccc3n2)c1.O=c1cc(-c2cccnc2)nc2ccc(N3CCNCC3)cn12. The molecule has 13 nitrogen and oxygen atoms in total. The summed E-state index contributed by atoms with van der Waals surface area (Å²) in [6.07, 6.45) is 10.5. The number of fused-ring (bicyclic) bond motifs is 2. The number of anilines is 2. The highest BCUT2D eigenvalue weighted by molar-refractivity contribution is 5.64. The molecule has 2 saturated heterocycles. The second-order valence-corrected chi connectivity index (χ2v) is 11.5. The molecule has 0 amide bonds. The molecule has 0 radical (unpaired) electrons. The zero-order valence-corrected chi connectivity index (χ0v) is 26.6. The molecule has 48 heavy (non-hydrogen) atoms. The minimum atomic E-state index is -0.111. The van der Waals surface area contributed by atoms with Crippen LogP contribution in [0.25, 0.3) is 33.8 Å². The van der Waals surface area contributed by atoms with Crippen LogP contribution < -0.4 is 36.3 Å². The third kappa shape index (κ3) is 6.73. The predicted octanol–water partition coefficient (Wildman–Crippen LogP) is 2.34. The topological polar surface area (TPSA) is 134 Å².